The van der Waals surface area contributed by atoms with Crippen molar-refractivity contribution in [2.24, 2.45) is 29.0 Å². The number of amides is 2. The topological polar surface area (TPSA) is 170 Å². The highest BCUT2D eigenvalue weighted by Crippen LogP contribution is 2.29. The third-order valence-electron chi connectivity index (χ3n) is 5.18. The Bertz CT molecular complexity index is 781. The molecule has 9 heteroatoms. The summed E-state index contributed by atoms with van der Waals surface area (Å²) in [6.07, 6.45) is 0.0466. The highest BCUT2D eigenvalue weighted by atomic mass is 16.4. The van der Waals surface area contributed by atoms with Crippen molar-refractivity contribution in [3.63, 3.8) is 0 Å². The van der Waals surface area contributed by atoms with Gasteiger partial charge in [0.25, 0.3) is 0 Å². The van der Waals surface area contributed by atoms with Crippen molar-refractivity contribution in [2.75, 3.05) is 6.54 Å². The molecule has 0 aliphatic rings. The molecular formula is C21H32N4O5. The summed E-state index contributed by atoms with van der Waals surface area (Å²) in [6, 6.07) is 6.34. The zero-order valence-electron chi connectivity index (χ0n) is 17.9. The minimum absolute atomic E-state index is 0.0466. The SMILES string of the molecule is CC(C)C(N)C(=O)N(C(=O)C(N)Cc1ccccc1)C(C(=O)O)(C(=O)CN)C(C)C. The lowest BCUT2D eigenvalue weighted by Crippen LogP contribution is -2.72. The van der Waals surface area contributed by atoms with Crippen LogP contribution in [0.4, 0.5) is 0 Å². The Hall–Kier alpha value is -2.62. The molecule has 30 heavy (non-hydrogen) atoms. The van der Waals surface area contributed by atoms with Crippen LogP contribution in [0.5, 0.6) is 0 Å². The molecule has 3 unspecified atom stereocenters. The van der Waals surface area contributed by atoms with Gasteiger partial charge < -0.3 is 22.3 Å². The molecule has 0 fully saturated rings. The quantitative estimate of drug-likeness (QED) is 0.380. The molecule has 166 valence electrons. The fourth-order valence-corrected chi connectivity index (χ4v) is 3.33. The van der Waals surface area contributed by atoms with E-state index in [2.05, 4.69) is 0 Å². The summed E-state index contributed by atoms with van der Waals surface area (Å²) in [7, 11) is 0. The Labute approximate surface area is 176 Å². The minimum atomic E-state index is -2.51. The first-order valence-corrected chi connectivity index (χ1v) is 9.82. The molecule has 3 atom stereocenters. The number of benzene rings is 1. The number of carbonyl (C=O) groups excluding carboxylic acids is 3. The first-order chi connectivity index (χ1) is 13.9. The lowest BCUT2D eigenvalue weighted by Gasteiger charge is -2.42. The molecule has 0 bridgehead atoms. The maximum Gasteiger partial charge on any atom is 0.338 e. The van der Waals surface area contributed by atoms with Crippen LogP contribution < -0.4 is 17.2 Å². The van der Waals surface area contributed by atoms with Crippen molar-refractivity contribution >= 4 is 23.6 Å². The van der Waals surface area contributed by atoms with Crippen molar-refractivity contribution in [2.45, 2.75) is 51.7 Å². The summed E-state index contributed by atoms with van der Waals surface area (Å²) < 4.78 is 0. The summed E-state index contributed by atoms with van der Waals surface area (Å²) in [5, 5.41) is 10.1. The molecule has 0 aromatic heterocycles. The molecule has 9 nitrogen and oxygen atoms in total. The van der Waals surface area contributed by atoms with E-state index in [0.717, 1.165) is 5.56 Å². The van der Waals surface area contributed by atoms with E-state index in [1.165, 1.54) is 13.8 Å². The molecule has 0 spiro atoms. The predicted molar refractivity (Wildman–Crippen MR) is 112 cm³/mol. The fourth-order valence-electron chi connectivity index (χ4n) is 3.33. The summed E-state index contributed by atoms with van der Waals surface area (Å²) in [6.45, 7) is 5.49. The summed E-state index contributed by atoms with van der Waals surface area (Å²) in [5.74, 6) is -5.98. The fraction of sp³-hybridized carbons (Fsp3) is 0.524. The summed E-state index contributed by atoms with van der Waals surface area (Å²) in [5.41, 5.74) is 15.7. The molecular weight excluding hydrogens is 388 g/mol. The maximum absolute atomic E-state index is 13.4. The Morgan fingerprint density at radius 1 is 1.00 bits per heavy atom. The molecule has 0 aliphatic heterocycles. The number of nitrogens with zero attached hydrogens (tertiary/aromatic N) is 1. The number of rotatable bonds is 10. The van der Waals surface area contributed by atoms with Crippen molar-refractivity contribution in [3.8, 4) is 0 Å². The van der Waals surface area contributed by atoms with Crippen LogP contribution in [0.25, 0.3) is 0 Å². The Kier molecular flexibility index (Phi) is 8.83. The number of nitrogens with two attached hydrogens (primary N) is 3. The zero-order chi connectivity index (χ0) is 23.2. The van der Waals surface area contributed by atoms with Gasteiger partial charge in [0.2, 0.25) is 17.4 Å². The van der Waals surface area contributed by atoms with Crippen LogP contribution in [0.3, 0.4) is 0 Å². The average Bonchev–Trinajstić information content (AvgIpc) is 2.69. The molecule has 2 amide bonds. The highest BCUT2D eigenvalue weighted by molar-refractivity contribution is 6.17. The number of hydrogen-bond acceptors (Lipinski definition) is 7. The van der Waals surface area contributed by atoms with Gasteiger partial charge in [-0.15, -0.1) is 0 Å². The number of imide groups is 1. The van der Waals surface area contributed by atoms with Gasteiger partial charge in [0.1, 0.15) is 0 Å². The van der Waals surface area contributed by atoms with Gasteiger partial charge in [-0.05, 0) is 23.8 Å². The molecule has 1 aromatic carbocycles. The van der Waals surface area contributed by atoms with E-state index in [0.29, 0.717) is 4.90 Å². The molecule has 0 radical (unpaired) electrons. The molecule has 1 aromatic rings. The van der Waals surface area contributed by atoms with Crippen LogP contribution in [0.1, 0.15) is 33.3 Å². The van der Waals surface area contributed by atoms with E-state index in [4.69, 9.17) is 17.2 Å². The number of Topliss-reactive ketones (excluding diaryl/α,β-unsaturated/α-hetero) is 1. The lowest BCUT2D eigenvalue weighted by molar-refractivity contribution is -0.175. The number of carboxylic acids is 1. The van der Waals surface area contributed by atoms with Crippen molar-refractivity contribution in [3.05, 3.63) is 35.9 Å². The predicted octanol–water partition coefficient (Wildman–Crippen LogP) is -0.0979. The molecule has 1 rings (SSSR count). The summed E-state index contributed by atoms with van der Waals surface area (Å²) >= 11 is 0. The molecule has 0 saturated heterocycles. The van der Waals surface area contributed by atoms with E-state index in [-0.39, 0.29) is 6.42 Å². The standard InChI is InChI=1S/C21H32N4O5/c1-12(2)17(24)19(28)25(21(13(3)4,20(29)30)16(26)11-22)18(27)15(23)10-14-8-6-5-7-9-14/h5-9,12-13,15,17H,10-11,22-24H2,1-4H3,(H,29,30). The van der Waals surface area contributed by atoms with E-state index < -0.39 is 59.6 Å². The number of carbonyl (C=O) groups is 4. The van der Waals surface area contributed by atoms with E-state index in [1.807, 2.05) is 0 Å². The second-order valence-electron chi connectivity index (χ2n) is 7.93. The largest absolute Gasteiger partial charge is 0.479 e. The number of aliphatic carboxylic acids is 1. The van der Waals surface area contributed by atoms with Crippen molar-refractivity contribution in [1.82, 2.24) is 4.90 Å². The van der Waals surface area contributed by atoms with Crippen molar-refractivity contribution < 1.29 is 24.3 Å². The van der Waals surface area contributed by atoms with E-state index in [1.54, 1.807) is 44.2 Å². The maximum atomic E-state index is 13.4. The van der Waals surface area contributed by atoms with Gasteiger partial charge in [0.15, 0.2) is 5.78 Å². The van der Waals surface area contributed by atoms with Crippen molar-refractivity contribution in [1.29, 1.82) is 0 Å². The minimum Gasteiger partial charge on any atom is -0.479 e. The Morgan fingerprint density at radius 2 is 1.53 bits per heavy atom. The number of hydrogen-bond donors (Lipinski definition) is 4. The Balaban J connectivity index is 3.60. The summed E-state index contributed by atoms with van der Waals surface area (Å²) in [4.78, 5) is 52.2. The van der Waals surface area contributed by atoms with Gasteiger partial charge in [-0.25, -0.2) is 4.79 Å². The third-order valence-corrected chi connectivity index (χ3v) is 5.18. The first-order valence-electron chi connectivity index (χ1n) is 9.82. The lowest BCUT2D eigenvalue weighted by atomic mass is 9.79. The Morgan fingerprint density at radius 3 is 1.93 bits per heavy atom. The van der Waals surface area contributed by atoms with Crippen LogP contribution >= 0.6 is 0 Å². The van der Waals surface area contributed by atoms with Crippen LogP contribution in [-0.4, -0.2) is 57.7 Å². The average molecular weight is 421 g/mol. The van der Waals surface area contributed by atoms with Crippen LogP contribution in [0.15, 0.2) is 30.3 Å². The molecule has 0 saturated carbocycles. The van der Waals surface area contributed by atoms with Gasteiger partial charge in [0.05, 0.1) is 18.6 Å². The van der Waals surface area contributed by atoms with Gasteiger partial charge in [-0.3, -0.25) is 19.3 Å². The second kappa shape index (κ2) is 10.4. The number of carboxylic acid groups (broad SMARTS) is 1. The second-order valence-corrected chi connectivity index (χ2v) is 7.93. The monoisotopic (exact) mass is 420 g/mol. The third kappa shape index (κ3) is 4.92. The normalized spacial score (nSPS) is 15.4. The smallest absolute Gasteiger partial charge is 0.338 e. The van der Waals surface area contributed by atoms with Crippen LogP contribution in [0.2, 0.25) is 0 Å². The number of ketones is 1. The van der Waals surface area contributed by atoms with Gasteiger partial charge in [0, 0.05) is 0 Å². The van der Waals surface area contributed by atoms with E-state index >= 15 is 0 Å². The first kappa shape index (κ1) is 25.4. The molecule has 7 N–H and O–H groups in total. The van der Waals surface area contributed by atoms with Crippen LogP contribution in [0, 0.1) is 11.8 Å². The van der Waals surface area contributed by atoms with Crippen LogP contribution in [-0.2, 0) is 25.6 Å². The van der Waals surface area contributed by atoms with Gasteiger partial charge >= 0.3 is 5.97 Å². The zero-order valence-corrected chi connectivity index (χ0v) is 17.9. The highest BCUT2D eigenvalue weighted by Gasteiger charge is 2.58. The van der Waals surface area contributed by atoms with E-state index in [9.17, 15) is 24.3 Å². The van der Waals surface area contributed by atoms with Gasteiger partial charge in [-0.2, -0.15) is 0 Å². The van der Waals surface area contributed by atoms with Gasteiger partial charge in [-0.1, -0.05) is 58.0 Å². The molecule has 0 heterocycles. The molecule has 0 aliphatic carbocycles.